The van der Waals surface area contributed by atoms with Gasteiger partial charge >= 0.3 is 0 Å². The van der Waals surface area contributed by atoms with Crippen molar-refractivity contribution < 1.29 is 14.0 Å². The number of nitrogens with zero attached hydrogens (tertiary/aromatic N) is 1. The lowest BCUT2D eigenvalue weighted by atomic mass is 9.97. The van der Waals surface area contributed by atoms with Crippen molar-refractivity contribution >= 4 is 11.8 Å². The van der Waals surface area contributed by atoms with Gasteiger partial charge in [0.1, 0.15) is 5.82 Å². The molecular formula is C19H16FNO2. The van der Waals surface area contributed by atoms with Crippen molar-refractivity contribution in [1.82, 2.24) is 4.90 Å². The summed E-state index contributed by atoms with van der Waals surface area (Å²) in [6.07, 6.45) is 0.940. The zero-order chi connectivity index (χ0) is 16.0. The first kappa shape index (κ1) is 14.1. The Morgan fingerprint density at radius 3 is 2.43 bits per heavy atom. The Balaban J connectivity index is 1.55. The van der Waals surface area contributed by atoms with E-state index in [1.54, 1.807) is 12.1 Å². The van der Waals surface area contributed by atoms with E-state index >= 15 is 0 Å². The maximum Gasteiger partial charge on any atom is 0.236 e. The fourth-order valence-electron chi connectivity index (χ4n) is 3.62. The minimum absolute atomic E-state index is 0.0281. The van der Waals surface area contributed by atoms with E-state index in [1.807, 2.05) is 30.3 Å². The van der Waals surface area contributed by atoms with E-state index in [-0.39, 0.29) is 30.0 Å². The Morgan fingerprint density at radius 1 is 1.04 bits per heavy atom. The predicted molar refractivity (Wildman–Crippen MR) is 82.8 cm³/mol. The molecule has 1 aliphatic carbocycles. The second-order valence-electron chi connectivity index (χ2n) is 6.41. The van der Waals surface area contributed by atoms with E-state index in [0.717, 1.165) is 11.1 Å². The number of rotatable bonds is 3. The monoisotopic (exact) mass is 309 g/mol. The maximum absolute atomic E-state index is 13.1. The van der Waals surface area contributed by atoms with Crippen LogP contribution in [0.15, 0.2) is 54.6 Å². The number of imide groups is 1. The molecule has 2 aromatic rings. The number of hydrogen-bond donors (Lipinski definition) is 0. The molecule has 4 heteroatoms. The zero-order valence-corrected chi connectivity index (χ0v) is 12.5. The second kappa shape index (κ2) is 5.01. The summed E-state index contributed by atoms with van der Waals surface area (Å²) in [5.74, 6) is -0.451. The van der Waals surface area contributed by atoms with Crippen molar-refractivity contribution in [2.75, 3.05) is 0 Å². The lowest BCUT2D eigenvalue weighted by Crippen LogP contribution is -2.30. The van der Waals surface area contributed by atoms with Gasteiger partial charge in [0.15, 0.2) is 0 Å². The summed E-state index contributed by atoms with van der Waals surface area (Å²) in [4.78, 5) is 26.5. The van der Waals surface area contributed by atoms with Gasteiger partial charge < -0.3 is 0 Å². The van der Waals surface area contributed by atoms with Crippen LogP contribution in [0.2, 0.25) is 0 Å². The summed E-state index contributed by atoms with van der Waals surface area (Å²) < 4.78 is 13.1. The molecule has 3 nitrogen and oxygen atoms in total. The van der Waals surface area contributed by atoms with E-state index in [9.17, 15) is 14.0 Å². The highest BCUT2D eigenvalue weighted by Gasteiger charge is 2.67. The summed E-state index contributed by atoms with van der Waals surface area (Å²) in [6, 6.07) is 15.8. The van der Waals surface area contributed by atoms with Crippen molar-refractivity contribution in [1.29, 1.82) is 0 Å². The quantitative estimate of drug-likeness (QED) is 0.816. The number of amides is 2. The van der Waals surface area contributed by atoms with Crippen LogP contribution >= 0.6 is 0 Å². The minimum Gasteiger partial charge on any atom is -0.278 e. The van der Waals surface area contributed by atoms with Crippen LogP contribution in [0.25, 0.3) is 0 Å². The molecule has 1 saturated heterocycles. The SMILES string of the molecule is O=C1C[C@]2(C[C@H]2c2ccc(F)cc2)C(=O)N1Cc1ccccc1. The van der Waals surface area contributed by atoms with Gasteiger partial charge in [-0.25, -0.2) is 4.39 Å². The normalized spacial score (nSPS) is 26.1. The third-order valence-corrected chi connectivity index (χ3v) is 4.97. The van der Waals surface area contributed by atoms with Crippen LogP contribution < -0.4 is 0 Å². The maximum atomic E-state index is 13.1. The van der Waals surface area contributed by atoms with Crippen molar-refractivity contribution in [2.24, 2.45) is 5.41 Å². The van der Waals surface area contributed by atoms with E-state index < -0.39 is 5.41 Å². The molecule has 1 spiro atoms. The lowest BCUT2D eigenvalue weighted by Gasteiger charge is -2.15. The van der Waals surface area contributed by atoms with E-state index in [1.165, 1.54) is 17.0 Å². The average Bonchev–Trinajstić information content (AvgIpc) is 3.23. The number of hydrogen-bond acceptors (Lipinski definition) is 2. The third kappa shape index (κ3) is 2.25. The van der Waals surface area contributed by atoms with Crippen LogP contribution in [0.5, 0.6) is 0 Å². The Bertz CT molecular complexity index is 772. The molecule has 23 heavy (non-hydrogen) atoms. The first-order valence-electron chi connectivity index (χ1n) is 7.74. The highest BCUT2D eigenvalue weighted by Crippen LogP contribution is 2.65. The summed E-state index contributed by atoms with van der Waals surface area (Å²) in [7, 11) is 0. The lowest BCUT2D eigenvalue weighted by molar-refractivity contribution is -0.140. The largest absolute Gasteiger partial charge is 0.278 e. The van der Waals surface area contributed by atoms with Crippen molar-refractivity contribution in [3.8, 4) is 0 Å². The molecule has 2 fully saturated rings. The van der Waals surface area contributed by atoms with Crippen LogP contribution in [-0.4, -0.2) is 16.7 Å². The van der Waals surface area contributed by atoms with Gasteiger partial charge in [-0.15, -0.1) is 0 Å². The molecule has 0 N–H and O–H groups in total. The molecule has 1 saturated carbocycles. The van der Waals surface area contributed by atoms with Crippen molar-refractivity contribution in [3.05, 3.63) is 71.5 Å². The molecule has 1 heterocycles. The van der Waals surface area contributed by atoms with Crippen LogP contribution in [0.4, 0.5) is 4.39 Å². The van der Waals surface area contributed by atoms with Crippen LogP contribution in [-0.2, 0) is 16.1 Å². The van der Waals surface area contributed by atoms with Gasteiger partial charge in [0, 0.05) is 6.42 Å². The van der Waals surface area contributed by atoms with Gasteiger partial charge in [0.25, 0.3) is 0 Å². The Labute approximate surface area is 133 Å². The highest BCUT2D eigenvalue weighted by atomic mass is 19.1. The smallest absolute Gasteiger partial charge is 0.236 e. The van der Waals surface area contributed by atoms with Crippen LogP contribution in [0, 0.1) is 11.2 Å². The molecule has 0 aromatic heterocycles. The zero-order valence-electron chi connectivity index (χ0n) is 12.5. The molecule has 2 atom stereocenters. The fraction of sp³-hybridized carbons (Fsp3) is 0.263. The van der Waals surface area contributed by atoms with Gasteiger partial charge in [-0.1, -0.05) is 42.5 Å². The molecule has 0 unspecified atom stereocenters. The number of carbonyl (C=O) groups is 2. The Hall–Kier alpha value is -2.49. The molecule has 2 aromatic carbocycles. The molecule has 0 radical (unpaired) electrons. The molecule has 0 bridgehead atoms. The van der Waals surface area contributed by atoms with E-state index in [4.69, 9.17) is 0 Å². The molecule has 2 amide bonds. The number of halogens is 1. The molecule has 116 valence electrons. The minimum atomic E-state index is -0.594. The fourth-order valence-corrected chi connectivity index (χ4v) is 3.62. The van der Waals surface area contributed by atoms with Crippen molar-refractivity contribution in [2.45, 2.75) is 25.3 Å². The molecule has 1 aliphatic heterocycles. The number of likely N-dealkylation sites (tertiary alicyclic amines) is 1. The van der Waals surface area contributed by atoms with Gasteiger partial charge in [-0.2, -0.15) is 0 Å². The number of benzene rings is 2. The first-order valence-corrected chi connectivity index (χ1v) is 7.74. The predicted octanol–water partition coefficient (Wildman–Crippen LogP) is 3.26. The molecule has 4 rings (SSSR count). The number of carbonyl (C=O) groups excluding carboxylic acids is 2. The Morgan fingerprint density at radius 2 is 1.74 bits per heavy atom. The Kier molecular flexibility index (Phi) is 3.08. The van der Waals surface area contributed by atoms with Crippen LogP contribution in [0.3, 0.4) is 0 Å². The van der Waals surface area contributed by atoms with Gasteiger partial charge in [0.05, 0.1) is 12.0 Å². The topological polar surface area (TPSA) is 37.4 Å². The summed E-state index contributed by atoms with van der Waals surface area (Å²) >= 11 is 0. The third-order valence-electron chi connectivity index (χ3n) is 4.97. The van der Waals surface area contributed by atoms with E-state index in [2.05, 4.69) is 0 Å². The summed E-state index contributed by atoms with van der Waals surface area (Å²) in [5.41, 5.74) is 1.29. The summed E-state index contributed by atoms with van der Waals surface area (Å²) in [5, 5.41) is 0. The average molecular weight is 309 g/mol. The van der Waals surface area contributed by atoms with Crippen molar-refractivity contribution in [3.63, 3.8) is 0 Å². The van der Waals surface area contributed by atoms with E-state index in [0.29, 0.717) is 13.0 Å². The molecule has 2 aliphatic rings. The summed E-state index contributed by atoms with van der Waals surface area (Å²) in [6.45, 7) is 0.330. The second-order valence-corrected chi connectivity index (χ2v) is 6.41. The standard InChI is InChI=1S/C19H16FNO2/c20-15-8-6-14(7-9-15)16-10-19(16)11-17(22)21(18(19)23)12-13-4-2-1-3-5-13/h1-9,16H,10-12H2/t16-,19-/m0/s1. The van der Waals surface area contributed by atoms with Crippen LogP contribution in [0.1, 0.15) is 29.9 Å². The van der Waals surface area contributed by atoms with Gasteiger partial charge in [-0.3, -0.25) is 14.5 Å². The highest BCUT2D eigenvalue weighted by molar-refractivity contribution is 6.08. The first-order chi connectivity index (χ1) is 11.1. The molecular weight excluding hydrogens is 293 g/mol. The van der Waals surface area contributed by atoms with Gasteiger partial charge in [0.2, 0.25) is 11.8 Å². The van der Waals surface area contributed by atoms with Gasteiger partial charge in [-0.05, 0) is 35.6 Å².